The molecule has 2 unspecified atom stereocenters. The Labute approximate surface area is 209 Å². The number of hydrogen-bond donors (Lipinski definition) is 3. The predicted octanol–water partition coefficient (Wildman–Crippen LogP) is 3.05. The number of nitrogens with two attached hydrogens (primary N) is 1. The molecule has 0 saturated carbocycles. The van der Waals surface area contributed by atoms with Gasteiger partial charge in [0.25, 0.3) is 5.91 Å². The smallest absolute Gasteiger partial charge is 0.254 e. The van der Waals surface area contributed by atoms with Crippen LogP contribution in [0.25, 0.3) is 11.1 Å². The topological polar surface area (TPSA) is 137 Å². The molecule has 4 N–H and O–H groups in total. The van der Waals surface area contributed by atoms with E-state index in [2.05, 4.69) is 10.4 Å². The third-order valence-electron chi connectivity index (χ3n) is 6.63. The Hall–Kier alpha value is -4.37. The number of rotatable bonds is 8. The lowest BCUT2D eigenvalue weighted by atomic mass is 9.83. The predicted molar refractivity (Wildman–Crippen MR) is 127 cm³/mol. The molecule has 2 atom stereocenters. The first-order chi connectivity index (χ1) is 17.7. The van der Waals surface area contributed by atoms with Crippen LogP contribution in [0, 0.1) is 23.0 Å². The van der Waals surface area contributed by atoms with Crippen LogP contribution in [-0.2, 0) is 16.9 Å². The molecule has 4 rings (SSSR count). The minimum Gasteiger partial charge on any atom is -0.504 e. The number of piperidine rings is 1. The molecular formula is C25H23F3N6O3. The third-order valence-corrected chi connectivity index (χ3v) is 6.63. The van der Waals surface area contributed by atoms with Gasteiger partial charge in [-0.25, -0.2) is 13.2 Å². The summed E-state index contributed by atoms with van der Waals surface area (Å²) in [5.41, 5.74) is 3.69. The van der Waals surface area contributed by atoms with E-state index in [1.165, 1.54) is 11.1 Å². The SMILES string of the molecule is N#CCC1(n2cc(C(N)=O)c(NC=O)n2)CCN(Cc2c(F)cc(-c3ccccc3)c(O)c2F)CC1F. The zero-order valence-electron chi connectivity index (χ0n) is 19.5. The average Bonchev–Trinajstić information content (AvgIpc) is 3.31. The molecule has 3 aromatic rings. The maximum atomic E-state index is 15.7. The van der Waals surface area contributed by atoms with Gasteiger partial charge in [-0.05, 0) is 18.1 Å². The zero-order chi connectivity index (χ0) is 26.7. The number of phenols is 1. The van der Waals surface area contributed by atoms with E-state index in [0.29, 0.717) is 5.56 Å². The molecule has 1 aliphatic rings. The Balaban J connectivity index is 1.60. The zero-order valence-corrected chi connectivity index (χ0v) is 19.5. The molecule has 192 valence electrons. The fourth-order valence-electron chi connectivity index (χ4n) is 4.61. The van der Waals surface area contributed by atoms with Crippen molar-refractivity contribution in [2.45, 2.75) is 31.1 Å². The van der Waals surface area contributed by atoms with Crippen molar-refractivity contribution in [1.82, 2.24) is 14.7 Å². The number of nitriles is 1. The second-order valence-corrected chi connectivity index (χ2v) is 8.77. The number of halogens is 3. The number of nitrogens with one attached hydrogen (secondary N) is 1. The van der Waals surface area contributed by atoms with E-state index in [9.17, 15) is 24.3 Å². The molecule has 9 nitrogen and oxygen atoms in total. The number of aromatic hydroxyl groups is 1. The van der Waals surface area contributed by atoms with Gasteiger partial charge in [0.15, 0.2) is 17.4 Å². The standard InChI is InChI=1S/C25H23F3N6O3/c26-19-10-16(15-4-2-1-3-5-15)22(36)21(28)17(19)11-33-9-7-25(6-8-29,20(27)13-33)34-12-18(23(30)37)24(32-34)31-14-35/h1-5,10,12,14,20,36H,6-7,9,11,13H2,(H2,30,37)(H,31,32,35). The first-order valence-corrected chi connectivity index (χ1v) is 11.3. The van der Waals surface area contributed by atoms with Crippen molar-refractivity contribution in [3.05, 3.63) is 65.4 Å². The normalized spacial score (nSPS) is 19.8. The summed E-state index contributed by atoms with van der Waals surface area (Å²) >= 11 is 0. The highest BCUT2D eigenvalue weighted by molar-refractivity contribution is 5.99. The van der Waals surface area contributed by atoms with Crippen LogP contribution < -0.4 is 11.1 Å². The van der Waals surface area contributed by atoms with Crippen LogP contribution >= 0.6 is 0 Å². The Kier molecular flexibility index (Phi) is 7.17. The number of nitrogens with zero attached hydrogens (tertiary/aromatic N) is 4. The Morgan fingerprint density at radius 1 is 1.35 bits per heavy atom. The van der Waals surface area contributed by atoms with E-state index >= 15 is 8.78 Å². The summed E-state index contributed by atoms with van der Waals surface area (Å²) in [6, 6.07) is 11.3. The Morgan fingerprint density at radius 3 is 2.70 bits per heavy atom. The number of carbonyl (C=O) groups excluding carboxylic acids is 2. The van der Waals surface area contributed by atoms with Crippen LogP contribution in [0.3, 0.4) is 0 Å². The average molecular weight is 512 g/mol. The van der Waals surface area contributed by atoms with Crippen LogP contribution in [0.5, 0.6) is 5.75 Å². The largest absolute Gasteiger partial charge is 0.504 e. The second kappa shape index (κ2) is 10.3. The lowest BCUT2D eigenvalue weighted by Crippen LogP contribution is -2.54. The Morgan fingerprint density at radius 2 is 2.08 bits per heavy atom. The molecule has 0 aliphatic carbocycles. The number of hydrogen-bond acceptors (Lipinski definition) is 6. The van der Waals surface area contributed by atoms with Gasteiger partial charge in [0.05, 0.1) is 12.5 Å². The van der Waals surface area contributed by atoms with Crippen molar-refractivity contribution in [3.63, 3.8) is 0 Å². The molecule has 1 aromatic heterocycles. The fourth-order valence-corrected chi connectivity index (χ4v) is 4.61. The maximum absolute atomic E-state index is 15.7. The van der Waals surface area contributed by atoms with E-state index in [-0.39, 0.29) is 55.8 Å². The number of carbonyl (C=O) groups is 2. The summed E-state index contributed by atoms with van der Waals surface area (Å²) < 4.78 is 46.8. The molecule has 0 spiro atoms. The summed E-state index contributed by atoms with van der Waals surface area (Å²) in [5, 5.41) is 26.1. The minimum absolute atomic E-state index is 0.000539. The van der Waals surface area contributed by atoms with Crippen molar-refractivity contribution in [3.8, 4) is 22.9 Å². The molecule has 2 aromatic carbocycles. The second-order valence-electron chi connectivity index (χ2n) is 8.77. The summed E-state index contributed by atoms with van der Waals surface area (Å²) in [4.78, 5) is 24.1. The van der Waals surface area contributed by atoms with E-state index in [1.54, 1.807) is 30.3 Å². The number of amides is 2. The molecule has 37 heavy (non-hydrogen) atoms. The highest BCUT2D eigenvalue weighted by Gasteiger charge is 2.47. The van der Waals surface area contributed by atoms with E-state index < -0.39 is 40.6 Å². The van der Waals surface area contributed by atoms with E-state index in [1.807, 2.05) is 6.07 Å². The van der Waals surface area contributed by atoms with Crippen molar-refractivity contribution in [2.24, 2.45) is 5.73 Å². The van der Waals surface area contributed by atoms with E-state index in [0.717, 1.165) is 10.7 Å². The van der Waals surface area contributed by atoms with Crippen molar-refractivity contribution >= 4 is 18.1 Å². The molecule has 0 bridgehead atoms. The molecule has 0 radical (unpaired) electrons. The summed E-state index contributed by atoms with van der Waals surface area (Å²) in [5.74, 6) is -3.80. The molecule has 2 amide bonds. The maximum Gasteiger partial charge on any atom is 0.254 e. The number of phenolic OH excluding ortho intramolecular Hbond substituents is 1. The first kappa shape index (κ1) is 25.7. The lowest BCUT2D eigenvalue weighted by molar-refractivity contribution is -0.105. The van der Waals surface area contributed by atoms with Crippen LogP contribution in [-0.4, -0.2) is 51.4 Å². The van der Waals surface area contributed by atoms with Gasteiger partial charge in [-0.3, -0.25) is 19.2 Å². The number of benzene rings is 2. The van der Waals surface area contributed by atoms with Crippen molar-refractivity contribution in [1.29, 1.82) is 5.26 Å². The number of aromatic nitrogens is 2. The van der Waals surface area contributed by atoms with Crippen LogP contribution in [0.4, 0.5) is 19.0 Å². The highest BCUT2D eigenvalue weighted by Crippen LogP contribution is 2.39. The van der Waals surface area contributed by atoms with Crippen LogP contribution in [0.15, 0.2) is 42.6 Å². The van der Waals surface area contributed by atoms with Crippen molar-refractivity contribution < 1.29 is 27.9 Å². The quantitative estimate of drug-likeness (QED) is 0.397. The molecular weight excluding hydrogens is 489 g/mol. The summed E-state index contributed by atoms with van der Waals surface area (Å²) in [6.45, 7) is -0.526. The molecule has 12 heteroatoms. The van der Waals surface area contributed by atoms with Crippen LogP contribution in [0.1, 0.15) is 28.8 Å². The van der Waals surface area contributed by atoms with Gasteiger partial charge in [0, 0.05) is 37.0 Å². The molecule has 1 aliphatic heterocycles. The van der Waals surface area contributed by atoms with Gasteiger partial charge >= 0.3 is 0 Å². The van der Waals surface area contributed by atoms with Gasteiger partial charge in [-0.15, -0.1) is 0 Å². The summed E-state index contributed by atoms with van der Waals surface area (Å²) in [7, 11) is 0. The molecule has 1 saturated heterocycles. The molecule has 1 fully saturated rings. The van der Waals surface area contributed by atoms with Crippen LogP contribution in [0.2, 0.25) is 0 Å². The lowest BCUT2D eigenvalue weighted by Gasteiger charge is -2.43. The van der Waals surface area contributed by atoms with Gasteiger partial charge in [-0.2, -0.15) is 10.4 Å². The monoisotopic (exact) mass is 512 g/mol. The highest BCUT2D eigenvalue weighted by atomic mass is 19.1. The van der Waals surface area contributed by atoms with Gasteiger partial charge in [-0.1, -0.05) is 30.3 Å². The van der Waals surface area contributed by atoms with E-state index in [4.69, 9.17) is 5.73 Å². The number of alkyl halides is 1. The number of anilines is 1. The number of likely N-dealkylation sites (tertiary alicyclic amines) is 1. The third kappa shape index (κ3) is 4.73. The Bertz CT molecular complexity index is 1370. The summed E-state index contributed by atoms with van der Waals surface area (Å²) in [6.07, 6.45) is -0.605. The fraction of sp³-hybridized carbons (Fsp3) is 0.280. The number of primary amides is 1. The first-order valence-electron chi connectivity index (χ1n) is 11.3. The van der Waals surface area contributed by atoms with Gasteiger partial charge in [0.1, 0.15) is 23.1 Å². The van der Waals surface area contributed by atoms with Gasteiger partial charge < -0.3 is 16.2 Å². The van der Waals surface area contributed by atoms with Gasteiger partial charge in [0.2, 0.25) is 6.41 Å². The minimum atomic E-state index is -1.74. The molecule has 2 heterocycles. The van der Waals surface area contributed by atoms with Crippen molar-refractivity contribution in [2.75, 3.05) is 18.4 Å².